The molecular formula is C14H14Cl2N2O4. The van der Waals surface area contributed by atoms with Crippen molar-refractivity contribution < 1.29 is 14.5 Å². The molecule has 0 amide bonds. The maximum Gasteiger partial charge on any atom is 0.267 e. The summed E-state index contributed by atoms with van der Waals surface area (Å²) in [5.41, 5.74) is 0.292. The van der Waals surface area contributed by atoms with E-state index in [2.05, 4.69) is 15.1 Å². The third-order valence-electron chi connectivity index (χ3n) is 2.79. The van der Waals surface area contributed by atoms with Crippen molar-refractivity contribution in [2.24, 2.45) is 0 Å². The second-order valence-electron chi connectivity index (χ2n) is 4.71. The van der Waals surface area contributed by atoms with Crippen LogP contribution in [-0.2, 0) is 4.89 Å². The molecule has 0 bridgehead atoms. The molecule has 0 fully saturated rings. The van der Waals surface area contributed by atoms with E-state index in [1.165, 1.54) is 19.2 Å². The molecule has 0 spiro atoms. The summed E-state index contributed by atoms with van der Waals surface area (Å²) in [6.45, 7) is 3.79. The van der Waals surface area contributed by atoms with Crippen molar-refractivity contribution in [1.29, 1.82) is 0 Å². The maximum absolute atomic E-state index is 11.7. The Labute approximate surface area is 136 Å². The second kappa shape index (κ2) is 7.00. The minimum absolute atomic E-state index is 0.0255. The summed E-state index contributed by atoms with van der Waals surface area (Å²) < 4.78 is 5.58. The molecule has 0 saturated carbocycles. The Hall–Kier alpha value is -1.76. The molecule has 0 aliphatic carbocycles. The van der Waals surface area contributed by atoms with E-state index < -0.39 is 0 Å². The van der Waals surface area contributed by atoms with Crippen molar-refractivity contribution in [2.45, 2.75) is 19.8 Å². The number of rotatable bonds is 5. The molecule has 1 heterocycles. The average molecular weight is 345 g/mol. The third kappa shape index (κ3) is 3.71. The highest BCUT2D eigenvalue weighted by Gasteiger charge is 2.14. The molecule has 2 aromatic rings. The molecule has 0 aliphatic heterocycles. The lowest BCUT2D eigenvalue weighted by molar-refractivity contribution is -0.178. The summed E-state index contributed by atoms with van der Waals surface area (Å²) in [5, 5.41) is 6.65. The summed E-state index contributed by atoms with van der Waals surface area (Å²) in [4.78, 5) is 21.1. The Bertz CT molecular complexity index is 708. The quantitative estimate of drug-likeness (QED) is 0.656. The van der Waals surface area contributed by atoms with Gasteiger partial charge in [0.15, 0.2) is 11.5 Å². The Morgan fingerprint density at radius 3 is 2.36 bits per heavy atom. The zero-order chi connectivity index (χ0) is 16.3. The highest BCUT2D eigenvalue weighted by molar-refractivity contribution is 6.37. The minimum Gasteiger partial charge on any atom is -0.434 e. The predicted molar refractivity (Wildman–Crippen MR) is 83.1 cm³/mol. The van der Waals surface area contributed by atoms with Gasteiger partial charge in [-0.2, -0.15) is 4.89 Å². The van der Waals surface area contributed by atoms with Crippen LogP contribution in [0, 0.1) is 0 Å². The number of ether oxygens (including phenoxy) is 1. The van der Waals surface area contributed by atoms with Crippen molar-refractivity contribution in [3.05, 3.63) is 44.2 Å². The van der Waals surface area contributed by atoms with Gasteiger partial charge in [0, 0.05) is 23.8 Å². The lowest BCUT2D eigenvalue weighted by Gasteiger charge is -2.11. The molecule has 0 unspecified atom stereocenters. The van der Waals surface area contributed by atoms with E-state index in [9.17, 15) is 4.79 Å². The molecule has 0 aliphatic rings. The van der Waals surface area contributed by atoms with Gasteiger partial charge in [-0.05, 0) is 5.92 Å². The van der Waals surface area contributed by atoms with E-state index in [-0.39, 0.29) is 33.2 Å². The first-order valence-corrected chi connectivity index (χ1v) is 7.15. The maximum atomic E-state index is 11.7. The monoisotopic (exact) mass is 344 g/mol. The Morgan fingerprint density at radius 2 is 1.82 bits per heavy atom. The van der Waals surface area contributed by atoms with Crippen molar-refractivity contribution in [2.75, 3.05) is 7.11 Å². The normalized spacial score (nSPS) is 10.8. The molecule has 118 valence electrons. The van der Waals surface area contributed by atoms with Crippen LogP contribution in [0.5, 0.6) is 17.4 Å². The topological polar surface area (TPSA) is 73.4 Å². The molecule has 0 radical (unpaired) electrons. The van der Waals surface area contributed by atoms with Crippen LogP contribution in [0.25, 0.3) is 0 Å². The zero-order valence-electron chi connectivity index (χ0n) is 12.1. The Balaban J connectivity index is 2.35. The van der Waals surface area contributed by atoms with Crippen LogP contribution in [0.2, 0.25) is 10.0 Å². The van der Waals surface area contributed by atoms with E-state index in [1.807, 2.05) is 13.8 Å². The molecular weight excluding hydrogens is 331 g/mol. The van der Waals surface area contributed by atoms with Crippen LogP contribution < -0.4 is 15.2 Å². The van der Waals surface area contributed by atoms with Gasteiger partial charge in [0.25, 0.3) is 5.56 Å². The number of aromatic amines is 1. The standard InChI is InChI=1S/C14H14Cl2N2O4/c1-7(2)9-6-12(17-18-14(9)19)21-13-10(15)4-8(22-20-3)5-11(13)16/h4-7H,1-3H3,(H,18,19). The summed E-state index contributed by atoms with van der Waals surface area (Å²) >= 11 is 12.2. The van der Waals surface area contributed by atoms with E-state index in [0.717, 1.165) is 0 Å². The number of halogens is 2. The van der Waals surface area contributed by atoms with Crippen molar-refractivity contribution in [3.8, 4) is 17.4 Å². The lowest BCUT2D eigenvalue weighted by Crippen LogP contribution is -2.15. The SMILES string of the molecule is COOc1cc(Cl)c(Oc2cc(C(C)C)c(=O)[nH]n2)c(Cl)c1. The van der Waals surface area contributed by atoms with Crippen LogP contribution in [0.1, 0.15) is 25.3 Å². The fourth-order valence-corrected chi connectivity index (χ4v) is 2.31. The molecule has 2 rings (SSSR count). The molecule has 8 heteroatoms. The van der Waals surface area contributed by atoms with Crippen LogP contribution in [-0.4, -0.2) is 17.3 Å². The average Bonchev–Trinajstić information content (AvgIpc) is 2.44. The van der Waals surface area contributed by atoms with Crippen LogP contribution in [0.3, 0.4) is 0 Å². The molecule has 6 nitrogen and oxygen atoms in total. The van der Waals surface area contributed by atoms with Gasteiger partial charge < -0.3 is 9.62 Å². The van der Waals surface area contributed by atoms with Crippen molar-refractivity contribution in [1.82, 2.24) is 10.2 Å². The lowest BCUT2D eigenvalue weighted by atomic mass is 10.1. The molecule has 22 heavy (non-hydrogen) atoms. The number of benzene rings is 1. The fourth-order valence-electron chi connectivity index (χ4n) is 1.77. The minimum atomic E-state index is -0.261. The number of hydrogen-bond acceptors (Lipinski definition) is 5. The number of nitrogens with zero attached hydrogens (tertiary/aromatic N) is 1. The fraction of sp³-hybridized carbons (Fsp3) is 0.286. The molecule has 1 N–H and O–H groups in total. The number of hydrogen-bond donors (Lipinski definition) is 1. The third-order valence-corrected chi connectivity index (χ3v) is 3.35. The van der Waals surface area contributed by atoms with Crippen LogP contribution in [0.15, 0.2) is 23.0 Å². The summed E-state index contributed by atoms with van der Waals surface area (Å²) in [6, 6.07) is 4.53. The molecule has 0 saturated heterocycles. The second-order valence-corrected chi connectivity index (χ2v) is 5.53. The Kier molecular flexibility index (Phi) is 5.28. The van der Waals surface area contributed by atoms with Gasteiger partial charge in [0.05, 0.1) is 17.2 Å². The van der Waals surface area contributed by atoms with Gasteiger partial charge >= 0.3 is 0 Å². The smallest absolute Gasteiger partial charge is 0.267 e. The van der Waals surface area contributed by atoms with Crippen LogP contribution >= 0.6 is 23.2 Å². The summed E-state index contributed by atoms with van der Waals surface area (Å²) in [5.74, 6) is 0.758. The van der Waals surface area contributed by atoms with Gasteiger partial charge in [-0.1, -0.05) is 37.0 Å². The van der Waals surface area contributed by atoms with Gasteiger partial charge in [0.2, 0.25) is 5.88 Å². The molecule has 1 aromatic heterocycles. The van der Waals surface area contributed by atoms with Gasteiger partial charge in [-0.15, -0.1) is 5.10 Å². The highest BCUT2D eigenvalue weighted by Crippen LogP contribution is 2.39. The number of nitrogens with one attached hydrogen (secondary N) is 1. The first-order valence-electron chi connectivity index (χ1n) is 6.39. The first-order chi connectivity index (χ1) is 10.4. The number of aromatic nitrogens is 2. The predicted octanol–water partition coefficient (Wildman–Crippen LogP) is 3.93. The van der Waals surface area contributed by atoms with Crippen molar-refractivity contribution in [3.63, 3.8) is 0 Å². The molecule has 1 aromatic carbocycles. The van der Waals surface area contributed by atoms with E-state index >= 15 is 0 Å². The van der Waals surface area contributed by atoms with E-state index in [1.54, 1.807) is 6.07 Å². The van der Waals surface area contributed by atoms with E-state index in [0.29, 0.717) is 11.3 Å². The summed E-state index contributed by atoms with van der Waals surface area (Å²) in [7, 11) is 1.36. The number of H-pyrrole nitrogens is 1. The Morgan fingerprint density at radius 1 is 1.18 bits per heavy atom. The summed E-state index contributed by atoms with van der Waals surface area (Å²) in [6.07, 6.45) is 0. The van der Waals surface area contributed by atoms with Gasteiger partial charge in [-0.25, -0.2) is 5.10 Å². The molecule has 0 atom stereocenters. The highest BCUT2D eigenvalue weighted by atomic mass is 35.5. The van der Waals surface area contributed by atoms with Gasteiger partial charge in [0.1, 0.15) is 0 Å². The van der Waals surface area contributed by atoms with Gasteiger partial charge in [-0.3, -0.25) is 4.79 Å². The largest absolute Gasteiger partial charge is 0.434 e. The van der Waals surface area contributed by atoms with Crippen LogP contribution in [0.4, 0.5) is 0 Å². The zero-order valence-corrected chi connectivity index (χ0v) is 13.7. The first kappa shape index (κ1) is 16.6. The van der Waals surface area contributed by atoms with E-state index in [4.69, 9.17) is 32.8 Å². The van der Waals surface area contributed by atoms with Crippen molar-refractivity contribution >= 4 is 23.2 Å².